The van der Waals surface area contributed by atoms with Crippen LogP contribution in [0.3, 0.4) is 0 Å². The van der Waals surface area contributed by atoms with Crippen molar-refractivity contribution in [3.63, 3.8) is 0 Å². The topological polar surface area (TPSA) is 74.2 Å². The zero-order valence-corrected chi connectivity index (χ0v) is 17.8. The van der Waals surface area contributed by atoms with Crippen molar-refractivity contribution in [1.29, 1.82) is 0 Å². The fraction of sp³-hybridized carbons (Fsp3) is 0.308. The lowest BCUT2D eigenvalue weighted by atomic mass is 9.92. The Bertz CT molecular complexity index is 1040. The molecule has 0 bridgehead atoms. The first-order valence-corrected chi connectivity index (χ1v) is 10.9. The molecule has 0 spiro atoms. The number of aryl methyl sites for hydroxylation is 1. The number of carbonyl (C=O) groups excluding carboxylic acids is 1. The Morgan fingerprint density at radius 2 is 1.84 bits per heavy atom. The van der Waals surface area contributed by atoms with Gasteiger partial charge in [-0.1, -0.05) is 49.2 Å². The minimum atomic E-state index is -0.454. The maximum Gasteiger partial charge on any atom is 0.251 e. The van der Waals surface area contributed by atoms with E-state index in [1.807, 2.05) is 55.7 Å². The Balaban J connectivity index is 1.44. The third-order valence-corrected chi connectivity index (χ3v) is 5.93. The van der Waals surface area contributed by atoms with Gasteiger partial charge < -0.3 is 15.7 Å². The Morgan fingerprint density at radius 3 is 2.65 bits per heavy atom. The van der Waals surface area contributed by atoms with Gasteiger partial charge in [-0.25, -0.2) is 0 Å². The van der Waals surface area contributed by atoms with E-state index in [0.29, 0.717) is 12.1 Å². The van der Waals surface area contributed by atoms with E-state index in [9.17, 15) is 9.90 Å². The molecule has 31 heavy (non-hydrogen) atoms. The third-order valence-electron chi connectivity index (χ3n) is 5.93. The molecule has 3 aromatic rings. The highest BCUT2D eigenvalue weighted by atomic mass is 16.3. The van der Waals surface area contributed by atoms with Crippen molar-refractivity contribution in [2.45, 2.75) is 51.3 Å². The number of hydrogen-bond acceptors (Lipinski definition) is 4. The Hall–Kier alpha value is -3.18. The fourth-order valence-corrected chi connectivity index (χ4v) is 4.06. The maximum absolute atomic E-state index is 12.7. The van der Waals surface area contributed by atoms with Crippen LogP contribution < -0.4 is 10.6 Å². The zero-order chi connectivity index (χ0) is 21.6. The maximum atomic E-state index is 12.7. The number of hydrogen-bond donors (Lipinski definition) is 3. The molecular weight excluding hydrogens is 386 g/mol. The van der Waals surface area contributed by atoms with Crippen LogP contribution in [0, 0.1) is 6.92 Å². The average Bonchev–Trinajstić information content (AvgIpc) is 2.81. The van der Waals surface area contributed by atoms with Gasteiger partial charge >= 0.3 is 0 Å². The number of aliphatic hydroxyl groups is 1. The largest absolute Gasteiger partial charge is 0.391 e. The minimum Gasteiger partial charge on any atom is -0.391 e. The number of nitrogens with one attached hydrogen (secondary N) is 2. The van der Waals surface area contributed by atoms with Gasteiger partial charge in [0.15, 0.2) is 0 Å². The molecule has 2 atom stereocenters. The number of rotatable bonds is 6. The van der Waals surface area contributed by atoms with E-state index in [1.54, 1.807) is 0 Å². The van der Waals surface area contributed by atoms with Crippen molar-refractivity contribution in [3.8, 4) is 11.1 Å². The summed E-state index contributed by atoms with van der Waals surface area (Å²) in [5.74, 6) is -0.137. The molecule has 160 valence electrons. The van der Waals surface area contributed by atoms with Crippen LogP contribution in [0.2, 0.25) is 0 Å². The van der Waals surface area contributed by atoms with Crippen LogP contribution in [0.15, 0.2) is 67.0 Å². The molecule has 1 aliphatic carbocycles. The first-order chi connectivity index (χ1) is 15.1. The lowest BCUT2D eigenvalue weighted by molar-refractivity contribution is 0.0717. The number of benzene rings is 2. The summed E-state index contributed by atoms with van der Waals surface area (Å²) in [6.07, 6.45) is 6.91. The number of anilines is 1. The van der Waals surface area contributed by atoms with Gasteiger partial charge in [-0.2, -0.15) is 0 Å². The van der Waals surface area contributed by atoms with Crippen molar-refractivity contribution in [1.82, 2.24) is 10.3 Å². The zero-order valence-electron chi connectivity index (χ0n) is 17.8. The second-order valence-electron chi connectivity index (χ2n) is 8.26. The van der Waals surface area contributed by atoms with Crippen LogP contribution in [0.25, 0.3) is 11.1 Å². The second kappa shape index (κ2) is 9.75. The highest BCUT2D eigenvalue weighted by molar-refractivity contribution is 5.95. The summed E-state index contributed by atoms with van der Waals surface area (Å²) in [6, 6.07) is 17.8. The van der Waals surface area contributed by atoms with E-state index >= 15 is 0 Å². The van der Waals surface area contributed by atoms with Crippen LogP contribution in [0.5, 0.6) is 0 Å². The number of aromatic nitrogens is 1. The van der Waals surface area contributed by atoms with Gasteiger partial charge in [-0.15, -0.1) is 0 Å². The summed E-state index contributed by atoms with van der Waals surface area (Å²) in [4.78, 5) is 17.1. The van der Waals surface area contributed by atoms with Crippen LogP contribution in [-0.4, -0.2) is 28.1 Å². The summed E-state index contributed by atoms with van der Waals surface area (Å²) in [6.45, 7) is 2.63. The molecule has 0 unspecified atom stereocenters. The molecule has 1 aliphatic rings. The first kappa shape index (κ1) is 21.1. The number of nitrogens with zero attached hydrogens (tertiary/aromatic N) is 1. The van der Waals surface area contributed by atoms with Crippen molar-refractivity contribution >= 4 is 11.6 Å². The van der Waals surface area contributed by atoms with Gasteiger partial charge in [0.1, 0.15) is 0 Å². The van der Waals surface area contributed by atoms with Gasteiger partial charge in [-0.05, 0) is 54.7 Å². The SMILES string of the molecule is Cc1ccc(C(=O)N[C@H]2CCCC[C@@H]2O)cc1NCc1cncc(-c2ccccc2)c1. The number of amides is 1. The Morgan fingerprint density at radius 1 is 1.03 bits per heavy atom. The van der Waals surface area contributed by atoms with E-state index in [1.165, 1.54) is 0 Å². The smallest absolute Gasteiger partial charge is 0.251 e. The first-order valence-electron chi connectivity index (χ1n) is 10.9. The van der Waals surface area contributed by atoms with Crippen LogP contribution in [-0.2, 0) is 6.54 Å². The van der Waals surface area contributed by atoms with Gasteiger partial charge in [0, 0.05) is 35.8 Å². The Kier molecular flexibility index (Phi) is 6.63. The second-order valence-corrected chi connectivity index (χ2v) is 8.26. The molecule has 1 heterocycles. The molecule has 1 saturated carbocycles. The quantitative estimate of drug-likeness (QED) is 0.545. The summed E-state index contributed by atoms with van der Waals surface area (Å²) in [7, 11) is 0. The van der Waals surface area contributed by atoms with Crippen LogP contribution in [0.1, 0.15) is 47.2 Å². The minimum absolute atomic E-state index is 0.137. The summed E-state index contributed by atoms with van der Waals surface area (Å²) >= 11 is 0. The molecule has 1 aromatic heterocycles. The number of carbonyl (C=O) groups is 1. The monoisotopic (exact) mass is 415 g/mol. The van der Waals surface area contributed by atoms with E-state index in [-0.39, 0.29) is 11.9 Å². The molecule has 5 nitrogen and oxygen atoms in total. The third kappa shape index (κ3) is 5.30. The predicted octanol–water partition coefficient (Wildman–Crippen LogP) is 4.70. The summed E-state index contributed by atoms with van der Waals surface area (Å²) < 4.78 is 0. The van der Waals surface area contributed by atoms with Gasteiger partial charge in [0.25, 0.3) is 5.91 Å². The van der Waals surface area contributed by atoms with Gasteiger partial charge in [0.2, 0.25) is 0 Å². The molecular formula is C26H29N3O2. The summed E-state index contributed by atoms with van der Waals surface area (Å²) in [5.41, 5.74) is 5.87. The lowest BCUT2D eigenvalue weighted by Gasteiger charge is -2.28. The number of pyridine rings is 1. The number of aliphatic hydroxyl groups excluding tert-OH is 1. The van der Waals surface area contributed by atoms with E-state index in [4.69, 9.17) is 0 Å². The highest BCUT2D eigenvalue weighted by Crippen LogP contribution is 2.22. The van der Waals surface area contributed by atoms with E-state index in [2.05, 4.69) is 33.8 Å². The normalized spacial score (nSPS) is 18.4. The van der Waals surface area contributed by atoms with Crippen molar-refractivity contribution in [2.24, 2.45) is 0 Å². The van der Waals surface area contributed by atoms with Crippen LogP contribution in [0.4, 0.5) is 5.69 Å². The molecule has 1 amide bonds. The van der Waals surface area contributed by atoms with E-state index < -0.39 is 6.10 Å². The van der Waals surface area contributed by atoms with Crippen molar-refractivity contribution in [2.75, 3.05) is 5.32 Å². The summed E-state index contributed by atoms with van der Waals surface area (Å²) in [5, 5.41) is 16.6. The molecule has 0 aliphatic heterocycles. The highest BCUT2D eigenvalue weighted by Gasteiger charge is 2.25. The van der Waals surface area contributed by atoms with Gasteiger partial charge in [-0.3, -0.25) is 9.78 Å². The molecule has 0 saturated heterocycles. The van der Waals surface area contributed by atoms with E-state index in [0.717, 1.165) is 53.6 Å². The standard InChI is InChI=1S/C26H29N3O2/c1-18-11-12-21(26(31)29-23-9-5-6-10-25(23)30)14-24(18)28-16-19-13-22(17-27-15-19)20-7-3-2-4-8-20/h2-4,7-8,11-15,17,23,25,28,30H,5-6,9-10,16H2,1H3,(H,29,31)/t23-,25-/m0/s1. The molecule has 3 N–H and O–H groups in total. The molecule has 1 fully saturated rings. The van der Waals surface area contributed by atoms with Crippen molar-refractivity contribution in [3.05, 3.63) is 83.7 Å². The fourth-order valence-electron chi connectivity index (χ4n) is 4.06. The van der Waals surface area contributed by atoms with Gasteiger partial charge in [0.05, 0.1) is 12.1 Å². The Labute approximate surface area is 183 Å². The predicted molar refractivity (Wildman–Crippen MR) is 124 cm³/mol. The average molecular weight is 416 g/mol. The van der Waals surface area contributed by atoms with Crippen LogP contribution >= 0.6 is 0 Å². The lowest BCUT2D eigenvalue weighted by Crippen LogP contribution is -2.45. The molecule has 2 aromatic carbocycles. The molecule has 5 heteroatoms. The molecule has 4 rings (SSSR count). The molecule has 0 radical (unpaired) electrons. The van der Waals surface area contributed by atoms with Crippen molar-refractivity contribution < 1.29 is 9.90 Å².